The zero-order chi connectivity index (χ0) is 12.3. The highest BCUT2D eigenvalue weighted by atomic mass is 16.5. The van der Waals surface area contributed by atoms with E-state index in [2.05, 4.69) is 30.9 Å². The third-order valence-corrected chi connectivity index (χ3v) is 3.74. The van der Waals surface area contributed by atoms with Crippen LogP contribution < -0.4 is 0 Å². The predicted octanol–water partition coefficient (Wildman–Crippen LogP) is 1.53. The normalized spacial score (nSPS) is 21.1. The Morgan fingerprint density at radius 1 is 1.29 bits per heavy atom. The number of morpholine rings is 1. The number of rotatable bonds is 3. The highest BCUT2D eigenvalue weighted by Gasteiger charge is 2.34. The van der Waals surface area contributed by atoms with Crippen molar-refractivity contribution in [3.63, 3.8) is 0 Å². The van der Waals surface area contributed by atoms with Crippen molar-refractivity contribution in [3.8, 4) is 0 Å². The molecule has 1 aliphatic heterocycles. The summed E-state index contributed by atoms with van der Waals surface area (Å²) in [7, 11) is 0. The van der Waals surface area contributed by atoms with Crippen LogP contribution >= 0.6 is 0 Å². The first-order valence-electron chi connectivity index (χ1n) is 6.18. The molecule has 1 aliphatic rings. The molecule has 1 saturated heterocycles. The number of hydrogen-bond acceptors (Lipinski definition) is 3. The Hall–Kier alpha value is -0.900. The number of benzene rings is 1. The molecule has 3 heteroatoms. The van der Waals surface area contributed by atoms with E-state index in [9.17, 15) is 5.11 Å². The van der Waals surface area contributed by atoms with Gasteiger partial charge in [-0.25, -0.2) is 0 Å². The van der Waals surface area contributed by atoms with Gasteiger partial charge in [0, 0.05) is 13.1 Å². The lowest BCUT2D eigenvalue weighted by molar-refractivity contribution is -0.0394. The average molecular weight is 235 g/mol. The van der Waals surface area contributed by atoms with E-state index in [1.165, 1.54) is 11.1 Å². The number of aliphatic hydroxyl groups is 1. The molecule has 3 nitrogen and oxygen atoms in total. The second kappa shape index (κ2) is 5.17. The Morgan fingerprint density at radius 3 is 2.53 bits per heavy atom. The maximum Gasteiger partial charge on any atom is 0.0669 e. The van der Waals surface area contributed by atoms with Gasteiger partial charge in [-0.1, -0.05) is 24.3 Å². The molecule has 2 rings (SSSR count). The van der Waals surface area contributed by atoms with Crippen LogP contribution in [0.5, 0.6) is 0 Å². The fraction of sp³-hybridized carbons (Fsp3) is 0.571. The molecule has 0 radical (unpaired) electrons. The van der Waals surface area contributed by atoms with Gasteiger partial charge in [0.2, 0.25) is 0 Å². The van der Waals surface area contributed by atoms with Crippen molar-refractivity contribution in [3.05, 3.63) is 35.4 Å². The fourth-order valence-corrected chi connectivity index (χ4v) is 2.59. The lowest BCUT2D eigenvalue weighted by Gasteiger charge is -2.43. The van der Waals surface area contributed by atoms with E-state index < -0.39 is 0 Å². The van der Waals surface area contributed by atoms with Crippen molar-refractivity contribution in [2.45, 2.75) is 19.4 Å². The third kappa shape index (κ3) is 2.37. The first kappa shape index (κ1) is 12.6. The summed E-state index contributed by atoms with van der Waals surface area (Å²) in [6.45, 7) is 7.61. The van der Waals surface area contributed by atoms with Gasteiger partial charge in [-0.05, 0) is 25.0 Å². The van der Waals surface area contributed by atoms with Crippen LogP contribution in [0.3, 0.4) is 0 Å². The van der Waals surface area contributed by atoms with Crippen molar-refractivity contribution in [2.75, 3.05) is 32.9 Å². The Kier molecular flexibility index (Phi) is 3.82. The van der Waals surface area contributed by atoms with Gasteiger partial charge in [0.05, 0.1) is 25.4 Å². The predicted molar refractivity (Wildman–Crippen MR) is 68.0 cm³/mol. The standard InChI is InChI=1S/C14H21NO2/c1-12-5-3-4-6-13(12)14(2,11-16)15-7-9-17-10-8-15/h3-6,16H,7-11H2,1-2H3/t14-/m0/s1. The molecule has 94 valence electrons. The van der Waals surface area contributed by atoms with Crippen LogP contribution in [0.15, 0.2) is 24.3 Å². The van der Waals surface area contributed by atoms with Crippen LogP contribution in [0, 0.1) is 6.92 Å². The first-order chi connectivity index (χ1) is 8.18. The zero-order valence-electron chi connectivity index (χ0n) is 10.6. The van der Waals surface area contributed by atoms with Gasteiger partial charge in [0.25, 0.3) is 0 Å². The maximum absolute atomic E-state index is 9.83. The second-order valence-corrected chi connectivity index (χ2v) is 4.85. The maximum atomic E-state index is 9.83. The zero-order valence-corrected chi connectivity index (χ0v) is 10.6. The smallest absolute Gasteiger partial charge is 0.0669 e. The van der Waals surface area contributed by atoms with Crippen molar-refractivity contribution in [2.24, 2.45) is 0 Å². The van der Waals surface area contributed by atoms with Gasteiger partial charge >= 0.3 is 0 Å². The van der Waals surface area contributed by atoms with Crippen LogP contribution in [0.1, 0.15) is 18.1 Å². The van der Waals surface area contributed by atoms with Crippen molar-refractivity contribution >= 4 is 0 Å². The minimum Gasteiger partial charge on any atom is -0.394 e. The summed E-state index contributed by atoms with van der Waals surface area (Å²) in [5.74, 6) is 0. The summed E-state index contributed by atoms with van der Waals surface area (Å²) in [6.07, 6.45) is 0. The summed E-state index contributed by atoms with van der Waals surface area (Å²) >= 11 is 0. The topological polar surface area (TPSA) is 32.7 Å². The number of aryl methyl sites for hydroxylation is 1. The quantitative estimate of drug-likeness (QED) is 0.862. The number of nitrogens with zero attached hydrogens (tertiary/aromatic N) is 1. The molecule has 1 fully saturated rings. The molecule has 1 aromatic rings. The number of ether oxygens (including phenoxy) is 1. The molecule has 0 unspecified atom stereocenters. The van der Waals surface area contributed by atoms with Gasteiger partial charge in [-0.3, -0.25) is 4.90 Å². The molecule has 0 amide bonds. The van der Waals surface area contributed by atoms with Gasteiger partial charge in [0.1, 0.15) is 0 Å². The van der Waals surface area contributed by atoms with E-state index >= 15 is 0 Å². The summed E-state index contributed by atoms with van der Waals surface area (Å²) in [4.78, 5) is 2.32. The molecule has 1 atom stereocenters. The molecule has 1 N–H and O–H groups in total. The largest absolute Gasteiger partial charge is 0.394 e. The SMILES string of the molecule is Cc1ccccc1[C@](C)(CO)N1CCOCC1. The first-order valence-corrected chi connectivity index (χ1v) is 6.18. The van der Waals surface area contributed by atoms with Crippen molar-refractivity contribution in [1.29, 1.82) is 0 Å². The van der Waals surface area contributed by atoms with E-state index in [0.29, 0.717) is 0 Å². The molecular formula is C14H21NO2. The monoisotopic (exact) mass is 235 g/mol. The molecule has 0 aliphatic carbocycles. The van der Waals surface area contributed by atoms with Crippen molar-refractivity contribution in [1.82, 2.24) is 4.90 Å². The molecule has 1 aromatic carbocycles. The van der Waals surface area contributed by atoms with Gasteiger partial charge in [-0.2, -0.15) is 0 Å². The fourth-order valence-electron chi connectivity index (χ4n) is 2.59. The van der Waals surface area contributed by atoms with Crippen LogP contribution in [-0.2, 0) is 10.3 Å². The van der Waals surface area contributed by atoms with E-state index in [1.807, 2.05) is 12.1 Å². The summed E-state index contributed by atoms with van der Waals surface area (Å²) in [5, 5.41) is 9.83. The highest BCUT2D eigenvalue weighted by molar-refractivity contribution is 5.32. The van der Waals surface area contributed by atoms with E-state index in [4.69, 9.17) is 4.74 Å². The molecular weight excluding hydrogens is 214 g/mol. The van der Waals surface area contributed by atoms with Crippen LogP contribution in [-0.4, -0.2) is 42.9 Å². The third-order valence-electron chi connectivity index (χ3n) is 3.74. The van der Waals surface area contributed by atoms with Crippen molar-refractivity contribution < 1.29 is 9.84 Å². The highest BCUT2D eigenvalue weighted by Crippen LogP contribution is 2.30. The molecule has 1 heterocycles. The minimum absolute atomic E-state index is 0.137. The lowest BCUT2D eigenvalue weighted by atomic mass is 9.87. The van der Waals surface area contributed by atoms with Gasteiger partial charge in [-0.15, -0.1) is 0 Å². The summed E-state index contributed by atoms with van der Waals surface area (Å²) < 4.78 is 5.38. The van der Waals surface area contributed by atoms with Crippen LogP contribution in [0.2, 0.25) is 0 Å². The Balaban J connectivity index is 2.32. The molecule has 0 spiro atoms. The second-order valence-electron chi connectivity index (χ2n) is 4.85. The number of hydrogen-bond donors (Lipinski definition) is 1. The Morgan fingerprint density at radius 2 is 1.94 bits per heavy atom. The minimum atomic E-state index is -0.297. The van der Waals surface area contributed by atoms with E-state index in [0.717, 1.165) is 26.3 Å². The van der Waals surface area contributed by atoms with E-state index in [1.54, 1.807) is 0 Å². The Bertz CT molecular complexity index is 374. The molecule has 0 aromatic heterocycles. The number of aliphatic hydroxyl groups excluding tert-OH is 1. The molecule has 0 saturated carbocycles. The van der Waals surface area contributed by atoms with E-state index in [-0.39, 0.29) is 12.1 Å². The van der Waals surface area contributed by atoms with Crippen LogP contribution in [0.25, 0.3) is 0 Å². The average Bonchev–Trinajstić information content (AvgIpc) is 2.39. The Labute approximate surface area is 103 Å². The van der Waals surface area contributed by atoms with Gasteiger partial charge < -0.3 is 9.84 Å². The summed E-state index contributed by atoms with van der Waals surface area (Å²) in [6, 6.07) is 8.29. The molecule has 17 heavy (non-hydrogen) atoms. The molecule has 0 bridgehead atoms. The van der Waals surface area contributed by atoms with Gasteiger partial charge in [0.15, 0.2) is 0 Å². The lowest BCUT2D eigenvalue weighted by Crippen LogP contribution is -2.52. The summed E-state index contributed by atoms with van der Waals surface area (Å²) in [5.41, 5.74) is 2.15. The van der Waals surface area contributed by atoms with Crippen LogP contribution in [0.4, 0.5) is 0 Å².